The fourth-order valence-electron chi connectivity index (χ4n) is 3.49. The molecule has 1 aliphatic carbocycles. The number of aryl methyl sites for hydroxylation is 1. The predicted molar refractivity (Wildman–Crippen MR) is 137 cm³/mol. The summed E-state index contributed by atoms with van der Waals surface area (Å²) < 4.78 is 0. The van der Waals surface area contributed by atoms with Crippen LogP contribution in [0.4, 0.5) is 0 Å². The molecule has 1 saturated carbocycles. The monoisotopic (exact) mass is 475 g/mol. The number of rotatable bonds is 14. The number of carbonyl (C=O) groups excluding carboxylic acids is 1. The number of hydrogen-bond donors (Lipinski definition) is 2. The maximum Gasteiger partial charge on any atom is 0.330 e. The van der Waals surface area contributed by atoms with E-state index in [1.54, 1.807) is 23.1 Å². The summed E-state index contributed by atoms with van der Waals surface area (Å²) in [4.78, 5) is 25.3. The summed E-state index contributed by atoms with van der Waals surface area (Å²) in [5, 5.41) is 14.4. The Morgan fingerprint density at radius 2 is 1.81 bits per heavy atom. The van der Waals surface area contributed by atoms with Crippen molar-refractivity contribution in [1.82, 2.24) is 5.32 Å². The lowest BCUT2D eigenvalue weighted by Crippen LogP contribution is -2.45. The Labute approximate surface area is 201 Å². The molecule has 1 aromatic rings. The Morgan fingerprint density at radius 1 is 1.12 bits per heavy atom. The quantitative estimate of drug-likeness (QED) is 0.300. The van der Waals surface area contributed by atoms with E-state index in [1.807, 2.05) is 17.5 Å². The van der Waals surface area contributed by atoms with Gasteiger partial charge in [-0.05, 0) is 77.7 Å². The summed E-state index contributed by atoms with van der Waals surface area (Å²) in [5.74, 6) is -0.323. The number of nitrogens with one attached hydrogen (secondary N) is 1. The Hall–Kier alpha value is -1.79. The maximum absolute atomic E-state index is 12.3. The number of carboxylic acids is 1. The topological polar surface area (TPSA) is 66.4 Å². The Bertz CT molecular complexity index is 850. The molecule has 0 aromatic carbocycles. The molecule has 1 aliphatic rings. The van der Waals surface area contributed by atoms with E-state index in [0.29, 0.717) is 19.3 Å². The Morgan fingerprint density at radius 3 is 2.44 bits per heavy atom. The van der Waals surface area contributed by atoms with Crippen molar-refractivity contribution in [2.45, 2.75) is 83.4 Å². The van der Waals surface area contributed by atoms with Crippen molar-refractivity contribution in [3.63, 3.8) is 0 Å². The van der Waals surface area contributed by atoms with Crippen molar-refractivity contribution in [2.75, 3.05) is 5.75 Å². The van der Waals surface area contributed by atoms with Gasteiger partial charge in [-0.3, -0.25) is 4.79 Å². The summed E-state index contributed by atoms with van der Waals surface area (Å²) in [5.41, 5.74) is 3.04. The van der Waals surface area contributed by atoms with Crippen molar-refractivity contribution < 1.29 is 14.7 Å². The third-order valence-corrected chi connectivity index (χ3v) is 7.94. The summed E-state index contributed by atoms with van der Waals surface area (Å²) >= 11 is 3.24. The summed E-state index contributed by atoms with van der Waals surface area (Å²) in [6, 6.07) is 3.96. The molecule has 1 heterocycles. The molecule has 0 radical (unpaired) electrons. The fraction of sp³-hybridized carbons (Fsp3) is 0.538. The third kappa shape index (κ3) is 8.99. The minimum Gasteiger partial charge on any atom is -0.479 e. The van der Waals surface area contributed by atoms with Crippen LogP contribution in [0.5, 0.6) is 0 Å². The zero-order chi connectivity index (χ0) is 23.6. The first-order valence-electron chi connectivity index (χ1n) is 11.4. The summed E-state index contributed by atoms with van der Waals surface area (Å²) in [6.07, 6.45) is 12.6. The van der Waals surface area contributed by atoms with Crippen LogP contribution in [-0.4, -0.2) is 33.5 Å². The van der Waals surface area contributed by atoms with E-state index in [9.17, 15) is 14.7 Å². The predicted octanol–water partition coefficient (Wildman–Crippen LogP) is 6.55. The Kier molecular flexibility index (Phi) is 10.8. The zero-order valence-corrected chi connectivity index (χ0v) is 21.4. The first-order valence-corrected chi connectivity index (χ1v) is 13.3. The third-order valence-electron chi connectivity index (χ3n) is 5.67. The second-order valence-electron chi connectivity index (χ2n) is 8.89. The average molecular weight is 476 g/mol. The van der Waals surface area contributed by atoms with E-state index in [-0.39, 0.29) is 11.2 Å². The largest absolute Gasteiger partial charge is 0.479 e. The molecular weight excluding hydrogens is 438 g/mol. The van der Waals surface area contributed by atoms with Crippen LogP contribution in [0.25, 0.3) is 0 Å². The van der Waals surface area contributed by atoms with E-state index in [1.165, 1.54) is 16.7 Å². The minimum absolute atomic E-state index is 0.0630. The van der Waals surface area contributed by atoms with Gasteiger partial charge in [0.15, 0.2) is 5.54 Å². The van der Waals surface area contributed by atoms with Crippen molar-refractivity contribution >= 4 is 35.0 Å². The van der Waals surface area contributed by atoms with Gasteiger partial charge in [0.2, 0.25) is 5.91 Å². The number of allylic oxidation sites excluding steroid dienone is 5. The van der Waals surface area contributed by atoms with Gasteiger partial charge in [0.05, 0.1) is 0 Å². The second-order valence-corrected chi connectivity index (χ2v) is 11.2. The molecule has 0 spiro atoms. The first kappa shape index (κ1) is 26.5. The number of thiophene rings is 1. The second kappa shape index (κ2) is 13.0. The van der Waals surface area contributed by atoms with Gasteiger partial charge in [-0.1, -0.05) is 41.0 Å². The van der Waals surface area contributed by atoms with Crippen LogP contribution in [0.1, 0.15) is 71.1 Å². The first-order chi connectivity index (χ1) is 15.2. The van der Waals surface area contributed by atoms with E-state index >= 15 is 0 Å². The SMILES string of the molecule is CC(C)=CCC/C(C)=C/CC/C(C)=C/CSC1CC1(NC(=O)CCc1cccs1)C(=O)O. The molecule has 2 unspecified atom stereocenters. The van der Waals surface area contributed by atoms with Gasteiger partial charge < -0.3 is 10.4 Å². The molecule has 2 N–H and O–H groups in total. The van der Waals surface area contributed by atoms with Crippen LogP contribution >= 0.6 is 23.1 Å². The highest BCUT2D eigenvalue weighted by molar-refractivity contribution is 8.00. The number of carboxylic acid groups (broad SMARTS) is 1. The van der Waals surface area contributed by atoms with Crippen molar-refractivity contribution in [3.8, 4) is 0 Å². The number of aliphatic carboxylic acids is 1. The van der Waals surface area contributed by atoms with Gasteiger partial charge in [-0.2, -0.15) is 11.8 Å². The minimum atomic E-state index is -1.09. The van der Waals surface area contributed by atoms with E-state index in [0.717, 1.165) is 36.3 Å². The highest BCUT2D eigenvalue weighted by Crippen LogP contribution is 2.46. The standard InChI is InChI=1S/C26H37NO3S2/c1-19(2)8-5-9-20(3)10-6-11-21(4)15-17-32-23-18-26(23,25(29)30)27-24(28)14-13-22-12-7-16-31-22/h7-8,10,12,15-16,23H,5-6,9,11,13-14,17-18H2,1-4H3,(H,27,28)(H,29,30)/b20-10+,21-15+. The average Bonchev–Trinajstić information content (AvgIpc) is 3.16. The van der Waals surface area contributed by atoms with Crippen LogP contribution in [0.15, 0.2) is 52.5 Å². The van der Waals surface area contributed by atoms with Gasteiger partial charge in [-0.25, -0.2) is 4.79 Å². The summed E-state index contributed by atoms with van der Waals surface area (Å²) in [7, 11) is 0. The van der Waals surface area contributed by atoms with Crippen LogP contribution in [-0.2, 0) is 16.0 Å². The van der Waals surface area contributed by atoms with E-state index in [2.05, 4.69) is 51.2 Å². The highest BCUT2D eigenvalue weighted by atomic mass is 32.2. The molecule has 2 rings (SSSR count). The summed E-state index contributed by atoms with van der Waals surface area (Å²) in [6.45, 7) is 8.60. The smallest absolute Gasteiger partial charge is 0.330 e. The molecule has 0 saturated heterocycles. The molecule has 1 amide bonds. The molecule has 0 bridgehead atoms. The normalized spacial score (nSPS) is 20.7. The van der Waals surface area contributed by atoms with E-state index in [4.69, 9.17) is 0 Å². The zero-order valence-electron chi connectivity index (χ0n) is 19.8. The molecule has 0 aliphatic heterocycles. The van der Waals surface area contributed by atoms with Crippen LogP contribution in [0.2, 0.25) is 0 Å². The lowest BCUT2D eigenvalue weighted by molar-refractivity contribution is -0.143. The van der Waals surface area contributed by atoms with Gasteiger partial charge >= 0.3 is 5.97 Å². The lowest BCUT2D eigenvalue weighted by Gasteiger charge is -2.14. The molecule has 6 heteroatoms. The van der Waals surface area contributed by atoms with Crippen molar-refractivity contribution in [3.05, 3.63) is 57.3 Å². The molecule has 4 nitrogen and oxygen atoms in total. The van der Waals surface area contributed by atoms with Gasteiger partial charge in [0.25, 0.3) is 0 Å². The van der Waals surface area contributed by atoms with Crippen molar-refractivity contribution in [2.24, 2.45) is 0 Å². The van der Waals surface area contributed by atoms with Crippen LogP contribution < -0.4 is 5.32 Å². The van der Waals surface area contributed by atoms with Crippen LogP contribution in [0, 0.1) is 0 Å². The van der Waals surface area contributed by atoms with E-state index < -0.39 is 11.5 Å². The van der Waals surface area contributed by atoms with Crippen LogP contribution in [0.3, 0.4) is 0 Å². The van der Waals surface area contributed by atoms with Gasteiger partial charge in [0.1, 0.15) is 0 Å². The number of hydrogen-bond acceptors (Lipinski definition) is 4. The Balaban J connectivity index is 1.70. The number of thioether (sulfide) groups is 1. The molecular formula is C26H37NO3S2. The highest BCUT2D eigenvalue weighted by Gasteiger charge is 2.61. The number of amides is 1. The molecule has 1 fully saturated rings. The molecule has 32 heavy (non-hydrogen) atoms. The number of carbonyl (C=O) groups is 2. The lowest BCUT2D eigenvalue weighted by atomic mass is 10.1. The molecule has 176 valence electrons. The molecule has 1 aromatic heterocycles. The van der Waals surface area contributed by atoms with Gasteiger partial charge in [-0.15, -0.1) is 11.3 Å². The van der Waals surface area contributed by atoms with Gasteiger partial charge in [0, 0.05) is 22.3 Å². The van der Waals surface area contributed by atoms with Crippen molar-refractivity contribution in [1.29, 1.82) is 0 Å². The molecule has 2 atom stereocenters. The maximum atomic E-state index is 12.3. The fourth-order valence-corrected chi connectivity index (χ4v) is 5.64.